The number of hydrogen-bond donors (Lipinski definition) is 1. The maximum Gasteiger partial charge on any atom is 0.303 e. The van der Waals surface area contributed by atoms with Crippen molar-refractivity contribution in [3.05, 3.63) is 0 Å². The summed E-state index contributed by atoms with van der Waals surface area (Å²) in [5.74, 6) is 1.86. The van der Waals surface area contributed by atoms with Crippen LogP contribution in [0.3, 0.4) is 0 Å². The standard InChI is InChI=1S/C18H29NO3/c1-11(20)22-15(17(2,3)4)16(21)19-18-8-12-5-13(9-18)7-14(6-12)10-18/h12-15H,5-10H2,1-4H3,(H,19,21). The highest BCUT2D eigenvalue weighted by atomic mass is 16.5. The van der Waals surface area contributed by atoms with E-state index in [0.29, 0.717) is 0 Å². The van der Waals surface area contributed by atoms with Crippen LogP contribution in [0.4, 0.5) is 0 Å². The second-order valence-corrected chi connectivity index (χ2v) is 9.04. The van der Waals surface area contributed by atoms with Crippen LogP contribution < -0.4 is 5.32 Å². The minimum Gasteiger partial charge on any atom is -0.452 e. The van der Waals surface area contributed by atoms with Crippen LogP contribution in [0.15, 0.2) is 0 Å². The zero-order valence-corrected chi connectivity index (χ0v) is 14.3. The first-order valence-electron chi connectivity index (χ1n) is 8.66. The first-order chi connectivity index (χ1) is 10.2. The Morgan fingerprint density at radius 3 is 1.86 bits per heavy atom. The van der Waals surface area contributed by atoms with E-state index in [9.17, 15) is 9.59 Å². The van der Waals surface area contributed by atoms with E-state index in [1.165, 1.54) is 26.2 Å². The summed E-state index contributed by atoms with van der Waals surface area (Å²) in [6.07, 6.45) is 6.68. The molecule has 0 spiro atoms. The first-order valence-corrected chi connectivity index (χ1v) is 8.66. The smallest absolute Gasteiger partial charge is 0.303 e. The lowest BCUT2D eigenvalue weighted by Gasteiger charge is -2.57. The van der Waals surface area contributed by atoms with Crippen molar-refractivity contribution in [3.8, 4) is 0 Å². The fourth-order valence-corrected chi connectivity index (χ4v) is 5.38. The normalized spacial score (nSPS) is 37.7. The van der Waals surface area contributed by atoms with Crippen molar-refractivity contribution >= 4 is 11.9 Å². The maximum absolute atomic E-state index is 12.8. The molecule has 1 unspecified atom stereocenters. The lowest BCUT2D eigenvalue weighted by Crippen LogP contribution is -2.62. The van der Waals surface area contributed by atoms with Crippen molar-refractivity contribution in [2.24, 2.45) is 23.2 Å². The molecule has 1 atom stereocenters. The molecule has 0 heterocycles. The average molecular weight is 307 g/mol. The van der Waals surface area contributed by atoms with Gasteiger partial charge in [0, 0.05) is 17.9 Å². The van der Waals surface area contributed by atoms with Crippen LogP contribution in [0.25, 0.3) is 0 Å². The second kappa shape index (κ2) is 5.24. The molecule has 0 aromatic rings. The molecule has 124 valence electrons. The fourth-order valence-electron chi connectivity index (χ4n) is 5.38. The van der Waals surface area contributed by atoms with E-state index in [1.54, 1.807) is 0 Å². The van der Waals surface area contributed by atoms with Gasteiger partial charge in [0.25, 0.3) is 5.91 Å². The van der Waals surface area contributed by atoms with Gasteiger partial charge in [-0.3, -0.25) is 9.59 Å². The van der Waals surface area contributed by atoms with Crippen LogP contribution in [0, 0.1) is 23.2 Å². The number of carbonyl (C=O) groups excluding carboxylic acids is 2. The van der Waals surface area contributed by atoms with Crippen molar-refractivity contribution in [2.45, 2.75) is 77.9 Å². The monoisotopic (exact) mass is 307 g/mol. The summed E-state index contributed by atoms with van der Waals surface area (Å²) < 4.78 is 5.34. The molecule has 4 saturated carbocycles. The van der Waals surface area contributed by atoms with Crippen LogP contribution in [0.5, 0.6) is 0 Å². The third kappa shape index (κ3) is 3.02. The number of ether oxygens (including phenoxy) is 1. The molecule has 4 nitrogen and oxygen atoms in total. The molecule has 4 bridgehead atoms. The van der Waals surface area contributed by atoms with Gasteiger partial charge in [0.15, 0.2) is 6.10 Å². The van der Waals surface area contributed by atoms with Crippen molar-refractivity contribution in [1.82, 2.24) is 5.32 Å². The van der Waals surface area contributed by atoms with E-state index >= 15 is 0 Å². The predicted octanol–water partition coefficient (Wildman–Crippen LogP) is 3.05. The third-order valence-electron chi connectivity index (χ3n) is 5.74. The predicted molar refractivity (Wildman–Crippen MR) is 84.1 cm³/mol. The molecule has 0 radical (unpaired) electrons. The van der Waals surface area contributed by atoms with E-state index in [2.05, 4.69) is 5.32 Å². The SMILES string of the molecule is CC(=O)OC(C(=O)NC12CC3CC(CC(C3)C1)C2)C(C)(C)C. The second-order valence-electron chi connectivity index (χ2n) is 9.04. The summed E-state index contributed by atoms with van der Waals surface area (Å²) in [7, 11) is 0. The van der Waals surface area contributed by atoms with E-state index in [-0.39, 0.29) is 17.4 Å². The van der Waals surface area contributed by atoms with Crippen molar-refractivity contribution in [2.75, 3.05) is 0 Å². The Balaban J connectivity index is 1.73. The Morgan fingerprint density at radius 1 is 1.05 bits per heavy atom. The molecule has 4 aliphatic rings. The number of carbonyl (C=O) groups is 2. The van der Waals surface area contributed by atoms with Crippen LogP contribution >= 0.6 is 0 Å². The zero-order valence-electron chi connectivity index (χ0n) is 14.3. The fraction of sp³-hybridized carbons (Fsp3) is 0.889. The molecule has 0 aromatic carbocycles. The maximum atomic E-state index is 12.8. The van der Waals surface area contributed by atoms with Crippen LogP contribution in [0.1, 0.15) is 66.2 Å². The summed E-state index contributed by atoms with van der Waals surface area (Å²) in [5.41, 5.74) is -0.423. The Labute approximate surface area is 133 Å². The lowest BCUT2D eigenvalue weighted by atomic mass is 9.53. The van der Waals surface area contributed by atoms with Gasteiger partial charge >= 0.3 is 5.97 Å². The molecule has 4 fully saturated rings. The van der Waals surface area contributed by atoms with E-state index < -0.39 is 11.5 Å². The topological polar surface area (TPSA) is 55.4 Å². The summed E-state index contributed by atoms with van der Waals surface area (Å²) in [6.45, 7) is 7.20. The quantitative estimate of drug-likeness (QED) is 0.815. The largest absolute Gasteiger partial charge is 0.452 e. The highest BCUT2D eigenvalue weighted by Gasteiger charge is 2.52. The number of amides is 1. The van der Waals surface area contributed by atoms with Crippen LogP contribution in [-0.2, 0) is 14.3 Å². The van der Waals surface area contributed by atoms with Gasteiger partial charge < -0.3 is 10.1 Å². The highest BCUT2D eigenvalue weighted by molar-refractivity contribution is 5.84. The van der Waals surface area contributed by atoms with Gasteiger partial charge in [-0.15, -0.1) is 0 Å². The minimum atomic E-state index is -0.710. The number of hydrogen-bond acceptors (Lipinski definition) is 3. The lowest BCUT2D eigenvalue weighted by molar-refractivity contribution is -0.163. The van der Waals surface area contributed by atoms with Crippen LogP contribution in [-0.4, -0.2) is 23.5 Å². The van der Waals surface area contributed by atoms with E-state index in [0.717, 1.165) is 37.0 Å². The molecule has 0 aromatic heterocycles. The third-order valence-corrected chi connectivity index (χ3v) is 5.74. The molecule has 0 saturated heterocycles. The number of nitrogens with one attached hydrogen (secondary N) is 1. The van der Waals surface area contributed by atoms with Gasteiger partial charge in [-0.05, 0) is 56.3 Å². The summed E-state index contributed by atoms with van der Waals surface area (Å²) >= 11 is 0. The molecule has 4 rings (SSSR count). The molecule has 4 aliphatic carbocycles. The Morgan fingerprint density at radius 2 is 1.50 bits per heavy atom. The average Bonchev–Trinajstić information content (AvgIpc) is 2.31. The molecular formula is C18H29NO3. The highest BCUT2D eigenvalue weighted by Crippen LogP contribution is 2.55. The summed E-state index contributed by atoms with van der Waals surface area (Å²) in [6, 6.07) is 0. The molecule has 1 amide bonds. The van der Waals surface area contributed by atoms with Gasteiger partial charge in [-0.25, -0.2) is 0 Å². The first kappa shape index (κ1) is 15.8. The Hall–Kier alpha value is -1.06. The van der Waals surface area contributed by atoms with Gasteiger partial charge in [-0.2, -0.15) is 0 Å². The Bertz CT molecular complexity index is 442. The van der Waals surface area contributed by atoms with E-state index in [1.807, 2.05) is 20.8 Å². The van der Waals surface area contributed by atoms with Gasteiger partial charge in [0.05, 0.1) is 0 Å². The van der Waals surface area contributed by atoms with Crippen molar-refractivity contribution in [1.29, 1.82) is 0 Å². The van der Waals surface area contributed by atoms with E-state index in [4.69, 9.17) is 4.74 Å². The van der Waals surface area contributed by atoms with Crippen molar-refractivity contribution in [3.63, 3.8) is 0 Å². The number of rotatable bonds is 3. The molecule has 1 N–H and O–H groups in total. The minimum absolute atomic E-state index is 0.0323. The molecular weight excluding hydrogens is 278 g/mol. The summed E-state index contributed by atoms with van der Waals surface area (Å²) in [4.78, 5) is 24.2. The molecule has 0 aliphatic heterocycles. The zero-order chi connectivity index (χ0) is 16.1. The van der Waals surface area contributed by atoms with Crippen LogP contribution in [0.2, 0.25) is 0 Å². The van der Waals surface area contributed by atoms with Gasteiger partial charge in [-0.1, -0.05) is 20.8 Å². The molecule has 22 heavy (non-hydrogen) atoms. The number of esters is 1. The van der Waals surface area contributed by atoms with Crippen molar-refractivity contribution < 1.29 is 14.3 Å². The van der Waals surface area contributed by atoms with Gasteiger partial charge in [0.1, 0.15) is 0 Å². The molecule has 4 heteroatoms. The summed E-state index contributed by atoms with van der Waals surface area (Å²) in [5, 5.41) is 3.32. The Kier molecular flexibility index (Phi) is 3.77. The van der Waals surface area contributed by atoms with Gasteiger partial charge in [0.2, 0.25) is 0 Å².